The van der Waals surface area contributed by atoms with Crippen molar-refractivity contribution in [2.45, 2.75) is 44.6 Å². The summed E-state index contributed by atoms with van der Waals surface area (Å²) in [5.41, 5.74) is 0.740. The van der Waals surface area contributed by atoms with Crippen LogP contribution >= 0.6 is 0 Å². The van der Waals surface area contributed by atoms with E-state index in [2.05, 4.69) is 11.1 Å². The van der Waals surface area contributed by atoms with Crippen LogP contribution in [0, 0.1) is 5.92 Å². The molecule has 0 bridgehead atoms. The van der Waals surface area contributed by atoms with Crippen molar-refractivity contribution >= 4 is 5.91 Å². The first-order valence-electron chi connectivity index (χ1n) is 8.00. The van der Waals surface area contributed by atoms with Gasteiger partial charge in [-0.25, -0.2) is 0 Å². The topological polar surface area (TPSA) is 42.4 Å². The van der Waals surface area contributed by atoms with Crippen LogP contribution < -0.4 is 0 Å². The van der Waals surface area contributed by atoms with Gasteiger partial charge in [0.1, 0.15) is 5.60 Å². The van der Waals surface area contributed by atoms with Gasteiger partial charge in [0.15, 0.2) is 0 Å². The number of rotatable bonds is 3. The summed E-state index contributed by atoms with van der Waals surface area (Å²) in [4.78, 5) is 18.8. The molecule has 114 valence electrons. The first kappa shape index (κ1) is 14.5. The molecule has 0 saturated carbocycles. The van der Waals surface area contributed by atoms with E-state index in [1.54, 1.807) is 0 Å². The second-order valence-electron chi connectivity index (χ2n) is 6.48. The number of carbonyl (C=O) groups is 1. The summed E-state index contributed by atoms with van der Waals surface area (Å²) in [6.45, 7) is 4.40. The maximum Gasteiger partial charge on any atom is 0.254 e. The summed E-state index contributed by atoms with van der Waals surface area (Å²) in [7, 11) is 0. The zero-order chi connectivity index (χ0) is 14.7. The summed E-state index contributed by atoms with van der Waals surface area (Å²) in [6, 6.07) is 4.13. The maximum absolute atomic E-state index is 12.6. The molecular formula is C17H24N2O2. The Labute approximate surface area is 126 Å². The minimum absolute atomic E-state index is 0.194. The minimum Gasteiger partial charge on any atom is -0.365 e. The Hall–Kier alpha value is -1.42. The van der Waals surface area contributed by atoms with Crippen LogP contribution in [0.15, 0.2) is 24.5 Å². The number of likely N-dealkylation sites (tertiary alicyclic amines) is 1. The number of aromatic nitrogens is 1. The average molecular weight is 288 g/mol. The Morgan fingerprint density at radius 3 is 2.90 bits per heavy atom. The summed E-state index contributed by atoms with van der Waals surface area (Å²) in [6.07, 6.45) is 8.86. The first-order chi connectivity index (χ1) is 10.2. The van der Waals surface area contributed by atoms with Gasteiger partial charge in [0, 0.05) is 32.1 Å². The fraction of sp³-hybridized carbons (Fsp3) is 0.647. The van der Waals surface area contributed by atoms with Crippen molar-refractivity contribution in [3.05, 3.63) is 30.1 Å². The van der Waals surface area contributed by atoms with Crippen LogP contribution in [0.4, 0.5) is 0 Å². The van der Waals surface area contributed by atoms with Crippen molar-refractivity contribution in [3.8, 4) is 0 Å². The fourth-order valence-corrected chi connectivity index (χ4v) is 3.47. The van der Waals surface area contributed by atoms with Gasteiger partial charge in [0.25, 0.3) is 5.91 Å². The molecule has 2 saturated heterocycles. The molecule has 0 radical (unpaired) electrons. The van der Waals surface area contributed by atoms with Gasteiger partial charge in [-0.2, -0.15) is 0 Å². The van der Waals surface area contributed by atoms with Crippen LogP contribution in [0.1, 0.15) is 38.2 Å². The molecule has 2 fully saturated rings. The molecule has 4 nitrogen and oxygen atoms in total. The van der Waals surface area contributed by atoms with Crippen LogP contribution in [0.3, 0.4) is 0 Å². The summed E-state index contributed by atoms with van der Waals surface area (Å²) in [5.74, 6) is 0.857. The zero-order valence-electron chi connectivity index (χ0n) is 12.8. The molecule has 3 rings (SSSR count). The van der Waals surface area contributed by atoms with Crippen LogP contribution in [-0.4, -0.2) is 41.1 Å². The molecule has 4 heteroatoms. The summed E-state index contributed by atoms with van der Waals surface area (Å²) < 4.78 is 5.68. The Balaban J connectivity index is 1.52. The lowest BCUT2D eigenvalue weighted by Crippen LogP contribution is -2.49. The molecule has 2 aliphatic heterocycles. The van der Waals surface area contributed by atoms with Crippen molar-refractivity contribution in [2.75, 3.05) is 19.7 Å². The highest BCUT2D eigenvalue weighted by Gasteiger charge is 2.41. The second-order valence-corrected chi connectivity index (χ2v) is 6.48. The van der Waals surface area contributed by atoms with E-state index in [4.69, 9.17) is 4.74 Å². The van der Waals surface area contributed by atoms with E-state index in [1.807, 2.05) is 30.3 Å². The number of carbonyl (C=O) groups excluding carboxylic acids is 1. The van der Waals surface area contributed by atoms with Crippen molar-refractivity contribution < 1.29 is 9.53 Å². The Bertz CT molecular complexity index is 475. The van der Waals surface area contributed by atoms with Gasteiger partial charge < -0.3 is 9.64 Å². The van der Waals surface area contributed by atoms with E-state index < -0.39 is 5.60 Å². The predicted octanol–water partition coefficient (Wildman–Crippen LogP) is 2.43. The third-order valence-electron chi connectivity index (χ3n) is 4.82. The SMILES string of the molecule is C[C@]1(C(=O)N2CCC(Cc3cccnc3)CC2)CCCO1. The zero-order valence-corrected chi connectivity index (χ0v) is 12.8. The van der Waals surface area contributed by atoms with Crippen LogP contribution in [-0.2, 0) is 16.0 Å². The van der Waals surface area contributed by atoms with E-state index in [-0.39, 0.29) is 5.91 Å². The maximum atomic E-state index is 12.6. The highest BCUT2D eigenvalue weighted by molar-refractivity contribution is 5.85. The molecule has 0 aromatic carbocycles. The van der Waals surface area contributed by atoms with Gasteiger partial charge in [-0.15, -0.1) is 0 Å². The van der Waals surface area contributed by atoms with Crippen LogP contribution in [0.2, 0.25) is 0 Å². The number of hydrogen-bond acceptors (Lipinski definition) is 3. The van der Waals surface area contributed by atoms with Crippen molar-refractivity contribution in [1.82, 2.24) is 9.88 Å². The molecule has 0 spiro atoms. The standard InChI is InChI=1S/C17H24N2O2/c1-17(7-3-11-21-17)16(20)19-9-5-14(6-10-19)12-15-4-2-8-18-13-15/h2,4,8,13-14H,3,5-7,9-12H2,1H3/t17-/m1/s1. The van der Waals surface area contributed by atoms with E-state index in [0.29, 0.717) is 5.92 Å². The molecule has 2 aliphatic rings. The molecule has 1 atom stereocenters. The largest absolute Gasteiger partial charge is 0.365 e. The van der Waals surface area contributed by atoms with Gasteiger partial charge in [0.2, 0.25) is 0 Å². The lowest BCUT2D eigenvalue weighted by atomic mass is 9.89. The third-order valence-corrected chi connectivity index (χ3v) is 4.82. The molecule has 1 aromatic rings. The summed E-state index contributed by atoms with van der Waals surface area (Å²) in [5, 5.41) is 0. The van der Waals surface area contributed by atoms with Gasteiger partial charge in [0.05, 0.1) is 0 Å². The van der Waals surface area contributed by atoms with E-state index in [1.165, 1.54) is 5.56 Å². The Morgan fingerprint density at radius 1 is 1.48 bits per heavy atom. The smallest absolute Gasteiger partial charge is 0.254 e. The van der Waals surface area contributed by atoms with Crippen molar-refractivity contribution in [2.24, 2.45) is 5.92 Å². The van der Waals surface area contributed by atoms with E-state index in [9.17, 15) is 4.79 Å². The van der Waals surface area contributed by atoms with E-state index in [0.717, 1.165) is 51.8 Å². The molecular weight excluding hydrogens is 264 g/mol. The molecule has 0 aliphatic carbocycles. The monoisotopic (exact) mass is 288 g/mol. The second kappa shape index (κ2) is 6.14. The number of pyridine rings is 1. The van der Waals surface area contributed by atoms with Crippen LogP contribution in [0.25, 0.3) is 0 Å². The number of amides is 1. The fourth-order valence-electron chi connectivity index (χ4n) is 3.47. The molecule has 21 heavy (non-hydrogen) atoms. The van der Waals surface area contributed by atoms with Crippen molar-refractivity contribution in [1.29, 1.82) is 0 Å². The number of nitrogens with zero attached hydrogens (tertiary/aromatic N) is 2. The normalized spacial score (nSPS) is 27.0. The first-order valence-corrected chi connectivity index (χ1v) is 8.00. The minimum atomic E-state index is -0.559. The number of ether oxygens (including phenoxy) is 1. The molecule has 1 aromatic heterocycles. The summed E-state index contributed by atoms with van der Waals surface area (Å²) >= 11 is 0. The molecule has 1 amide bonds. The van der Waals surface area contributed by atoms with Gasteiger partial charge in [-0.3, -0.25) is 9.78 Å². The van der Waals surface area contributed by atoms with Gasteiger partial charge in [-0.1, -0.05) is 6.07 Å². The predicted molar refractivity (Wildman–Crippen MR) is 80.8 cm³/mol. The highest BCUT2D eigenvalue weighted by atomic mass is 16.5. The quantitative estimate of drug-likeness (QED) is 0.858. The lowest BCUT2D eigenvalue weighted by molar-refractivity contribution is -0.152. The third kappa shape index (κ3) is 3.26. The average Bonchev–Trinajstić information content (AvgIpc) is 2.96. The van der Waals surface area contributed by atoms with Gasteiger partial charge in [-0.05, 0) is 56.6 Å². The van der Waals surface area contributed by atoms with Crippen LogP contribution in [0.5, 0.6) is 0 Å². The molecule has 3 heterocycles. The molecule has 0 unspecified atom stereocenters. The molecule has 0 N–H and O–H groups in total. The number of hydrogen-bond donors (Lipinski definition) is 0. The highest BCUT2D eigenvalue weighted by Crippen LogP contribution is 2.30. The lowest BCUT2D eigenvalue weighted by Gasteiger charge is -2.36. The Kier molecular flexibility index (Phi) is 4.24. The van der Waals surface area contributed by atoms with E-state index >= 15 is 0 Å². The number of piperidine rings is 1. The Morgan fingerprint density at radius 2 is 2.29 bits per heavy atom. The van der Waals surface area contributed by atoms with Gasteiger partial charge >= 0.3 is 0 Å². The van der Waals surface area contributed by atoms with Crippen molar-refractivity contribution in [3.63, 3.8) is 0 Å².